The first kappa shape index (κ1) is 23.6. The van der Waals surface area contributed by atoms with Crippen molar-refractivity contribution >= 4 is 55.6 Å². The van der Waals surface area contributed by atoms with Gasteiger partial charge in [0, 0.05) is 18.0 Å². The number of aromatic nitrogens is 1. The quantitative estimate of drug-likeness (QED) is 0.552. The average molecular weight is 519 g/mol. The molecule has 0 aliphatic heterocycles. The molecular formula is C19H21BrClN3O3S2. The van der Waals surface area contributed by atoms with Crippen molar-refractivity contribution in [1.29, 1.82) is 0 Å². The van der Waals surface area contributed by atoms with Crippen LogP contribution in [0.4, 0.5) is 5.69 Å². The lowest BCUT2D eigenvalue weighted by Gasteiger charge is -2.09. The molecule has 3 aromatic rings. The number of nitrogens with zero attached hydrogens (tertiary/aromatic N) is 2. The maximum atomic E-state index is 11.8. The van der Waals surface area contributed by atoms with Gasteiger partial charge in [-0.2, -0.15) is 0 Å². The van der Waals surface area contributed by atoms with E-state index in [1.807, 2.05) is 43.0 Å². The Morgan fingerprint density at radius 1 is 1.17 bits per heavy atom. The Labute approximate surface area is 189 Å². The summed E-state index contributed by atoms with van der Waals surface area (Å²) >= 11 is 7.43. The summed E-state index contributed by atoms with van der Waals surface area (Å²) in [6, 6.07) is 8.69. The van der Waals surface area contributed by atoms with E-state index in [1.54, 1.807) is 13.2 Å². The molecule has 0 amide bonds. The highest BCUT2D eigenvalue weighted by Gasteiger charge is 2.16. The molecule has 0 saturated heterocycles. The zero-order chi connectivity index (χ0) is 20.6. The molecule has 0 unspecified atom stereocenters. The van der Waals surface area contributed by atoms with Gasteiger partial charge in [-0.25, -0.2) is 18.5 Å². The summed E-state index contributed by atoms with van der Waals surface area (Å²) in [6.07, 6.45) is 0. The van der Waals surface area contributed by atoms with Gasteiger partial charge in [0.05, 0.1) is 17.8 Å². The number of sulfonamides is 1. The molecule has 0 bridgehead atoms. The Morgan fingerprint density at radius 2 is 1.83 bits per heavy atom. The fourth-order valence-corrected chi connectivity index (χ4v) is 4.73. The molecule has 29 heavy (non-hydrogen) atoms. The second-order valence-electron chi connectivity index (χ2n) is 6.37. The molecule has 0 radical (unpaired) electrons. The fraction of sp³-hybridized carbons (Fsp3) is 0.211. The van der Waals surface area contributed by atoms with Gasteiger partial charge in [0.2, 0.25) is 10.0 Å². The van der Waals surface area contributed by atoms with Crippen molar-refractivity contribution in [2.75, 3.05) is 7.11 Å². The van der Waals surface area contributed by atoms with Crippen LogP contribution in [0.5, 0.6) is 5.75 Å². The lowest BCUT2D eigenvalue weighted by molar-refractivity contribution is 0.415. The van der Waals surface area contributed by atoms with E-state index in [4.69, 9.17) is 26.5 Å². The number of rotatable bonds is 4. The van der Waals surface area contributed by atoms with E-state index in [0.29, 0.717) is 11.3 Å². The van der Waals surface area contributed by atoms with Crippen LogP contribution >= 0.6 is 39.9 Å². The number of aryl methyl sites for hydroxylation is 2. The third-order valence-corrected chi connectivity index (χ3v) is 6.78. The smallest absolute Gasteiger partial charge is 0.239 e. The number of primary sulfonamides is 1. The van der Waals surface area contributed by atoms with Crippen LogP contribution in [0.25, 0.3) is 11.3 Å². The van der Waals surface area contributed by atoms with E-state index in [1.165, 1.54) is 23.5 Å². The van der Waals surface area contributed by atoms with Gasteiger partial charge in [-0.05, 0) is 49.2 Å². The molecule has 0 atom stereocenters. The largest absolute Gasteiger partial charge is 0.494 e. The maximum Gasteiger partial charge on any atom is 0.239 e. The predicted molar refractivity (Wildman–Crippen MR) is 123 cm³/mol. The summed E-state index contributed by atoms with van der Waals surface area (Å²) in [4.78, 5) is 5.37. The molecule has 6 nitrogen and oxygen atoms in total. The SMILES string of the molecule is Br.COc1cc(C)c(C)cc1N=c1scc(-c2ccc(Cl)c(S(N)(=O)=O)c2)n1C. The van der Waals surface area contributed by atoms with Crippen molar-refractivity contribution in [3.63, 3.8) is 0 Å². The topological polar surface area (TPSA) is 86.7 Å². The van der Waals surface area contributed by atoms with E-state index in [0.717, 1.165) is 27.3 Å². The highest BCUT2D eigenvalue weighted by molar-refractivity contribution is 8.93. The van der Waals surface area contributed by atoms with Crippen LogP contribution in [-0.2, 0) is 17.1 Å². The number of ether oxygens (including phenoxy) is 1. The Morgan fingerprint density at radius 3 is 2.45 bits per heavy atom. The maximum absolute atomic E-state index is 11.8. The summed E-state index contributed by atoms with van der Waals surface area (Å²) in [5.41, 5.74) is 4.46. The Kier molecular flexibility index (Phi) is 7.34. The number of thiazole rings is 1. The van der Waals surface area contributed by atoms with E-state index >= 15 is 0 Å². The van der Waals surface area contributed by atoms with Crippen molar-refractivity contribution < 1.29 is 13.2 Å². The van der Waals surface area contributed by atoms with Crippen LogP contribution in [-0.4, -0.2) is 20.1 Å². The first-order chi connectivity index (χ1) is 13.1. The van der Waals surface area contributed by atoms with Crippen molar-refractivity contribution in [3.05, 3.63) is 56.7 Å². The molecule has 1 aromatic heterocycles. The minimum atomic E-state index is -3.91. The summed E-state index contributed by atoms with van der Waals surface area (Å²) < 4.78 is 30.9. The minimum absolute atomic E-state index is 0. The first-order valence-corrected chi connectivity index (χ1v) is 11.1. The van der Waals surface area contributed by atoms with Crippen LogP contribution in [0.15, 0.2) is 45.6 Å². The predicted octanol–water partition coefficient (Wildman–Crippen LogP) is 4.49. The summed E-state index contributed by atoms with van der Waals surface area (Å²) in [5.74, 6) is 0.695. The minimum Gasteiger partial charge on any atom is -0.494 e. The van der Waals surface area contributed by atoms with Crippen molar-refractivity contribution in [3.8, 4) is 17.0 Å². The molecular weight excluding hydrogens is 498 g/mol. The summed E-state index contributed by atoms with van der Waals surface area (Å²) in [5, 5.41) is 7.26. The Hall–Kier alpha value is -1.65. The van der Waals surface area contributed by atoms with Crippen LogP contribution in [0.3, 0.4) is 0 Å². The van der Waals surface area contributed by atoms with E-state index in [2.05, 4.69) is 0 Å². The van der Waals surface area contributed by atoms with Crippen molar-refractivity contribution in [1.82, 2.24) is 4.57 Å². The second kappa shape index (κ2) is 9.01. The number of hydrogen-bond acceptors (Lipinski definition) is 5. The Balaban J connectivity index is 0.00000300. The summed E-state index contributed by atoms with van der Waals surface area (Å²) in [7, 11) is -0.433. The number of halogens is 2. The molecule has 0 fully saturated rings. The molecule has 0 spiro atoms. The van der Waals surface area contributed by atoms with E-state index in [-0.39, 0.29) is 26.9 Å². The van der Waals surface area contributed by atoms with Gasteiger partial charge in [-0.15, -0.1) is 28.3 Å². The molecule has 3 rings (SSSR count). The number of benzene rings is 2. The van der Waals surface area contributed by atoms with Crippen LogP contribution in [0.2, 0.25) is 5.02 Å². The van der Waals surface area contributed by atoms with E-state index < -0.39 is 10.0 Å². The average Bonchev–Trinajstić information content (AvgIpc) is 2.98. The molecule has 2 N–H and O–H groups in total. The lowest BCUT2D eigenvalue weighted by atomic mass is 10.1. The second-order valence-corrected chi connectivity index (χ2v) is 9.15. The number of nitrogens with two attached hydrogens (primary N) is 1. The van der Waals surface area contributed by atoms with Crippen molar-refractivity contribution in [2.24, 2.45) is 17.2 Å². The van der Waals surface area contributed by atoms with Gasteiger partial charge in [0.25, 0.3) is 0 Å². The van der Waals surface area contributed by atoms with E-state index in [9.17, 15) is 8.42 Å². The monoisotopic (exact) mass is 517 g/mol. The van der Waals surface area contributed by atoms with Gasteiger partial charge in [0.15, 0.2) is 4.80 Å². The lowest BCUT2D eigenvalue weighted by Crippen LogP contribution is -2.14. The zero-order valence-electron chi connectivity index (χ0n) is 16.3. The number of hydrogen-bond donors (Lipinski definition) is 1. The molecule has 1 heterocycles. The van der Waals surface area contributed by atoms with Crippen LogP contribution < -0.4 is 14.7 Å². The molecule has 10 heteroatoms. The molecule has 0 aliphatic rings. The number of methoxy groups -OCH3 is 1. The van der Waals surface area contributed by atoms with Gasteiger partial charge >= 0.3 is 0 Å². The molecule has 2 aromatic carbocycles. The highest BCUT2D eigenvalue weighted by atomic mass is 79.9. The third-order valence-electron chi connectivity index (χ3n) is 4.47. The third kappa shape index (κ3) is 4.92. The first-order valence-electron chi connectivity index (χ1n) is 8.29. The fourth-order valence-electron chi connectivity index (χ4n) is 2.74. The van der Waals surface area contributed by atoms with Gasteiger partial charge in [-0.3, -0.25) is 0 Å². The van der Waals surface area contributed by atoms with Crippen molar-refractivity contribution in [2.45, 2.75) is 18.7 Å². The van der Waals surface area contributed by atoms with Crippen LogP contribution in [0.1, 0.15) is 11.1 Å². The van der Waals surface area contributed by atoms with Gasteiger partial charge in [-0.1, -0.05) is 17.7 Å². The molecule has 0 aliphatic carbocycles. The highest BCUT2D eigenvalue weighted by Crippen LogP contribution is 2.31. The molecule has 156 valence electrons. The van der Waals surface area contributed by atoms with Gasteiger partial charge < -0.3 is 9.30 Å². The summed E-state index contributed by atoms with van der Waals surface area (Å²) in [6.45, 7) is 4.05. The standard InChI is InChI=1S/C19H20ClN3O3S2.BrH/c1-11-7-15(17(26-4)8-12(11)2)22-19-23(3)16(10-27-19)13-5-6-14(20)18(9-13)28(21,24)25;/h5-10H,1-4H3,(H2,21,24,25);1H. The zero-order valence-corrected chi connectivity index (χ0v) is 20.4. The van der Waals surface area contributed by atoms with Crippen LogP contribution in [0, 0.1) is 13.8 Å². The Bertz CT molecular complexity index is 1230. The normalized spacial score (nSPS) is 12.0. The van der Waals surface area contributed by atoms with Gasteiger partial charge in [0.1, 0.15) is 16.3 Å². The molecule has 0 saturated carbocycles.